The van der Waals surface area contributed by atoms with E-state index in [0.29, 0.717) is 18.0 Å². The molecule has 6 nitrogen and oxygen atoms in total. The summed E-state index contributed by atoms with van der Waals surface area (Å²) < 4.78 is 27.0. The molecule has 3 aromatic rings. The topological polar surface area (TPSA) is 79.4 Å². The van der Waals surface area contributed by atoms with Gasteiger partial charge in [-0.3, -0.25) is 4.79 Å². The Balaban J connectivity index is 1.34. The van der Waals surface area contributed by atoms with Crippen LogP contribution in [0.15, 0.2) is 58.8 Å². The maximum Gasteiger partial charge on any atom is 0.243 e. The summed E-state index contributed by atoms with van der Waals surface area (Å²) in [6.45, 7) is 1.19. The van der Waals surface area contributed by atoms with Crippen molar-refractivity contribution in [2.45, 2.75) is 30.6 Å². The molecule has 1 N–H and O–H groups in total. The van der Waals surface area contributed by atoms with E-state index in [1.54, 1.807) is 16.4 Å². The van der Waals surface area contributed by atoms with Crippen molar-refractivity contribution in [3.63, 3.8) is 0 Å². The Morgan fingerprint density at radius 2 is 1.77 bits per heavy atom. The number of anilines is 1. The number of amides is 1. The molecule has 0 unspecified atom stereocenters. The van der Waals surface area contributed by atoms with Crippen molar-refractivity contribution in [3.8, 4) is 21.8 Å². The van der Waals surface area contributed by atoms with E-state index in [-0.39, 0.29) is 11.8 Å². The summed E-state index contributed by atoms with van der Waals surface area (Å²) in [4.78, 5) is 17.1. The highest BCUT2D eigenvalue weighted by atomic mass is 32.2. The lowest BCUT2D eigenvalue weighted by molar-refractivity contribution is -0.117. The lowest BCUT2D eigenvalue weighted by Gasteiger charge is -2.15. The fourth-order valence-corrected chi connectivity index (χ4v) is 6.08. The molecule has 8 heteroatoms. The van der Waals surface area contributed by atoms with Crippen LogP contribution in [0.25, 0.3) is 21.8 Å². The van der Waals surface area contributed by atoms with Gasteiger partial charge in [-0.1, -0.05) is 24.3 Å². The Hall–Kier alpha value is -2.55. The number of nitrogens with one attached hydrogen (secondary N) is 1. The summed E-state index contributed by atoms with van der Waals surface area (Å²) in [6, 6.07) is 14.7. The average molecular weight is 454 g/mol. The number of rotatable bonds is 6. The van der Waals surface area contributed by atoms with Crippen molar-refractivity contribution in [2.75, 3.05) is 18.4 Å². The normalized spacial score (nSPS) is 17.0. The second-order valence-corrected chi connectivity index (χ2v) is 10.8. The number of aromatic nitrogens is 1. The standard InChI is InChI=1S/C23H23N3O3S2/c27-22(17-6-7-17)24-19-5-3-4-18(14-19)23-25-21(15-30-23)16-8-10-20(11-9-16)31(28,29)26-12-1-2-13-26/h3-5,8-11,14-15,17H,1-2,6-7,12-13H2,(H,24,27). The monoisotopic (exact) mass is 453 g/mol. The van der Waals surface area contributed by atoms with Crippen LogP contribution >= 0.6 is 11.3 Å². The number of carbonyl (C=O) groups is 1. The quantitative estimate of drug-likeness (QED) is 0.591. The number of sulfonamides is 1. The van der Waals surface area contributed by atoms with Gasteiger partial charge in [0.05, 0.1) is 10.6 Å². The second-order valence-electron chi connectivity index (χ2n) is 8.02. The van der Waals surface area contributed by atoms with Gasteiger partial charge in [-0.05, 0) is 49.9 Å². The zero-order valence-corrected chi connectivity index (χ0v) is 18.6. The fraction of sp³-hybridized carbons (Fsp3) is 0.304. The Morgan fingerprint density at radius 1 is 1.03 bits per heavy atom. The van der Waals surface area contributed by atoms with Crippen LogP contribution in [-0.2, 0) is 14.8 Å². The lowest BCUT2D eigenvalue weighted by Crippen LogP contribution is -2.27. The molecular weight excluding hydrogens is 430 g/mol. The van der Waals surface area contributed by atoms with Crippen LogP contribution in [0.5, 0.6) is 0 Å². The summed E-state index contributed by atoms with van der Waals surface area (Å²) in [5.74, 6) is 0.244. The van der Waals surface area contributed by atoms with Gasteiger partial charge in [0.15, 0.2) is 0 Å². The molecule has 1 aliphatic heterocycles. The zero-order chi connectivity index (χ0) is 21.4. The number of benzene rings is 2. The van der Waals surface area contributed by atoms with Crippen LogP contribution in [0.3, 0.4) is 0 Å². The Bertz CT molecular complexity index is 1210. The summed E-state index contributed by atoms with van der Waals surface area (Å²) in [6.07, 6.45) is 3.79. The molecule has 31 heavy (non-hydrogen) atoms. The summed E-state index contributed by atoms with van der Waals surface area (Å²) in [5, 5.41) is 5.79. The Morgan fingerprint density at radius 3 is 2.48 bits per heavy atom. The van der Waals surface area contributed by atoms with Gasteiger partial charge in [0.1, 0.15) is 5.01 Å². The molecule has 1 aromatic heterocycles. The van der Waals surface area contributed by atoms with Crippen molar-refractivity contribution < 1.29 is 13.2 Å². The molecule has 2 fully saturated rings. The van der Waals surface area contributed by atoms with Crippen molar-refractivity contribution in [1.82, 2.24) is 9.29 Å². The van der Waals surface area contributed by atoms with Gasteiger partial charge < -0.3 is 5.32 Å². The van der Waals surface area contributed by atoms with E-state index in [1.807, 2.05) is 41.8 Å². The van der Waals surface area contributed by atoms with E-state index in [9.17, 15) is 13.2 Å². The molecule has 1 amide bonds. The predicted octanol–water partition coefficient (Wildman–Crippen LogP) is 4.61. The summed E-state index contributed by atoms with van der Waals surface area (Å²) in [5.41, 5.74) is 3.40. The maximum absolute atomic E-state index is 12.7. The first-order valence-corrected chi connectivity index (χ1v) is 12.8. The van der Waals surface area contributed by atoms with E-state index in [4.69, 9.17) is 4.98 Å². The molecule has 160 valence electrons. The molecule has 1 saturated heterocycles. The molecule has 2 aromatic carbocycles. The van der Waals surface area contributed by atoms with Gasteiger partial charge in [0.25, 0.3) is 0 Å². The molecule has 1 aliphatic carbocycles. The molecule has 1 saturated carbocycles. The van der Waals surface area contributed by atoms with Gasteiger partial charge >= 0.3 is 0 Å². The highest BCUT2D eigenvalue weighted by Gasteiger charge is 2.29. The molecule has 0 radical (unpaired) electrons. The lowest BCUT2D eigenvalue weighted by atomic mass is 10.1. The zero-order valence-electron chi connectivity index (χ0n) is 17.0. The largest absolute Gasteiger partial charge is 0.326 e. The third kappa shape index (κ3) is 4.28. The minimum absolute atomic E-state index is 0.0842. The average Bonchev–Trinajstić information content (AvgIpc) is 3.26. The van der Waals surface area contributed by atoms with Crippen LogP contribution < -0.4 is 5.32 Å². The van der Waals surface area contributed by atoms with Crippen LogP contribution in [0.4, 0.5) is 5.69 Å². The van der Waals surface area contributed by atoms with Crippen molar-refractivity contribution in [1.29, 1.82) is 0 Å². The molecule has 0 bridgehead atoms. The minimum Gasteiger partial charge on any atom is -0.326 e. The highest BCUT2D eigenvalue weighted by Crippen LogP contribution is 2.33. The SMILES string of the molecule is O=C(Nc1cccc(-c2nc(-c3ccc(S(=O)(=O)N4CCCC4)cc3)cs2)c1)C1CC1. The number of hydrogen-bond donors (Lipinski definition) is 1. The molecular formula is C23H23N3O3S2. The predicted molar refractivity (Wildman–Crippen MR) is 122 cm³/mol. The first-order valence-electron chi connectivity index (χ1n) is 10.5. The van der Waals surface area contributed by atoms with Gasteiger partial charge in [0.2, 0.25) is 15.9 Å². The van der Waals surface area contributed by atoms with Gasteiger partial charge in [0, 0.05) is 41.2 Å². The smallest absolute Gasteiger partial charge is 0.243 e. The van der Waals surface area contributed by atoms with Gasteiger partial charge in [-0.2, -0.15) is 4.31 Å². The van der Waals surface area contributed by atoms with Crippen LogP contribution in [0.2, 0.25) is 0 Å². The Labute approximate surface area is 186 Å². The highest BCUT2D eigenvalue weighted by molar-refractivity contribution is 7.89. The third-order valence-corrected chi connectivity index (χ3v) is 8.49. The maximum atomic E-state index is 12.7. The van der Waals surface area contributed by atoms with Crippen molar-refractivity contribution >= 4 is 33.0 Å². The van der Waals surface area contributed by atoms with Crippen molar-refractivity contribution in [3.05, 3.63) is 53.9 Å². The molecule has 5 rings (SSSR count). The van der Waals surface area contributed by atoms with E-state index in [1.165, 1.54) is 11.3 Å². The van der Waals surface area contributed by atoms with Crippen LogP contribution in [0, 0.1) is 5.92 Å². The summed E-state index contributed by atoms with van der Waals surface area (Å²) >= 11 is 1.52. The number of thiazole rings is 1. The molecule has 0 atom stereocenters. The van der Waals surface area contributed by atoms with E-state index >= 15 is 0 Å². The minimum atomic E-state index is -3.41. The fourth-order valence-electron chi connectivity index (χ4n) is 3.73. The van der Waals surface area contributed by atoms with Crippen LogP contribution in [-0.4, -0.2) is 36.7 Å². The van der Waals surface area contributed by atoms with Gasteiger partial charge in [-0.25, -0.2) is 13.4 Å². The number of nitrogens with zero attached hydrogens (tertiary/aromatic N) is 2. The summed E-state index contributed by atoms with van der Waals surface area (Å²) in [7, 11) is -3.41. The third-order valence-electron chi connectivity index (χ3n) is 5.68. The van der Waals surface area contributed by atoms with E-state index < -0.39 is 10.0 Å². The van der Waals surface area contributed by atoms with Gasteiger partial charge in [-0.15, -0.1) is 11.3 Å². The Kier molecular flexibility index (Phi) is 5.37. The van der Waals surface area contributed by atoms with Crippen LogP contribution in [0.1, 0.15) is 25.7 Å². The number of hydrogen-bond acceptors (Lipinski definition) is 5. The van der Waals surface area contributed by atoms with E-state index in [2.05, 4.69) is 5.32 Å². The molecule has 2 aliphatic rings. The molecule has 0 spiro atoms. The first-order chi connectivity index (χ1) is 15.0. The van der Waals surface area contributed by atoms with E-state index in [0.717, 1.165) is 53.2 Å². The van der Waals surface area contributed by atoms with Crippen molar-refractivity contribution in [2.24, 2.45) is 5.92 Å². The second kappa shape index (κ2) is 8.18. The first kappa shape index (κ1) is 20.4. The molecule has 2 heterocycles. The number of carbonyl (C=O) groups excluding carboxylic acids is 1.